The van der Waals surface area contributed by atoms with Gasteiger partial charge in [-0.25, -0.2) is 0 Å². The van der Waals surface area contributed by atoms with Crippen LogP contribution in [0.4, 0.5) is 0 Å². The van der Waals surface area contributed by atoms with Gasteiger partial charge in [-0.3, -0.25) is 0 Å². The molecule has 0 radical (unpaired) electrons. The molecule has 1 aliphatic carbocycles. The van der Waals surface area contributed by atoms with Crippen LogP contribution >= 0.6 is 0 Å². The molecule has 0 unspecified atom stereocenters. The maximum Gasteiger partial charge on any atom is 0.0309 e. The number of hydrogen-bond donors (Lipinski definition) is 2. The lowest BCUT2D eigenvalue weighted by Gasteiger charge is -2.50. The van der Waals surface area contributed by atoms with Crippen molar-refractivity contribution in [1.29, 1.82) is 0 Å². The molecule has 14 heavy (non-hydrogen) atoms. The standard InChI is InChI=1S/C12H26N2/c1-9(2)7-14-12(8-13)5-11(6-12)10(3)4/h9-11,14H,5-8,13H2,1-4H3. The molecule has 0 aliphatic heterocycles. The van der Waals surface area contributed by atoms with Gasteiger partial charge in [-0.2, -0.15) is 0 Å². The van der Waals surface area contributed by atoms with Crippen molar-refractivity contribution in [2.45, 2.75) is 46.1 Å². The minimum absolute atomic E-state index is 0.277. The molecule has 2 nitrogen and oxygen atoms in total. The summed E-state index contributed by atoms with van der Waals surface area (Å²) in [6.45, 7) is 11.0. The molecule has 1 rings (SSSR count). The summed E-state index contributed by atoms with van der Waals surface area (Å²) in [6.07, 6.45) is 2.54. The Bertz CT molecular complexity index is 164. The van der Waals surface area contributed by atoms with Crippen LogP contribution in [-0.2, 0) is 0 Å². The van der Waals surface area contributed by atoms with E-state index in [0.717, 1.165) is 30.8 Å². The first kappa shape index (κ1) is 12.0. The van der Waals surface area contributed by atoms with Crippen LogP contribution in [0.1, 0.15) is 40.5 Å². The van der Waals surface area contributed by atoms with Crippen LogP contribution in [-0.4, -0.2) is 18.6 Å². The van der Waals surface area contributed by atoms with Gasteiger partial charge < -0.3 is 11.1 Å². The summed E-state index contributed by atoms with van der Waals surface area (Å²) in [6, 6.07) is 0. The summed E-state index contributed by atoms with van der Waals surface area (Å²) in [7, 11) is 0. The Labute approximate surface area is 88.6 Å². The molecule has 3 N–H and O–H groups in total. The molecule has 84 valence electrons. The van der Waals surface area contributed by atoms with E-state index < -0.39 is 0 Å². The summed E-state index contributed by atoms with van der Waals surface area (Å²) in [4.78, 5) is 0. The largest absolute Gasteiger partial charge is 0.329 e. The third-order valence-electron chi connectivity index (χ3n) is 3.52. The van der Waals surface area contributed by atoms with E-state index in [0.29, 0.717) is 0 Å². The van der Waals surface area contributed by atoms with E-state index in [1.54, 1.807) is 0 Å². The van der Waals surface area contributed by atoms with Crippen LogP contribution in [0.15, 0.2) is 0 Å². The first-order valence-corrected chi connectivity index (χ1v) is 5.94. The van der Waals surface area contributed by atoms with Gasteiger partial charge in [-0.05, 0) is 37.1 Å². The second kappa shape index (κ2) is 4.63. The second-order valence-corrected chi connectivity index (χ2v) is 5.67. The lowest BCUT2D eigenvalue weighted by molar-refractivity contribution is 0.0742. The van der Waals surface area contributed by atoms with E-state index in [9.17, 15) is 0 Å². The third-order valence-corrected chi connectivity index (χ3v) is 3.52. The monoisotopic (exact) mass is 198 g/mol. The van der Waals surface area contributed by atoms with Crippen LogP contribution in [0.25, 0.3) is 0 Å². The van der Waals surface area contributed by atoms with E-state index in [1.807, 2.05) is 0 Å². The quantitative estimate of drug-likeness (QED) is 0.709. The molecule has 0 aromatic carbocycles. The summed E-state index contributed by atoms with van der Waals surface area (Å²) in [5.41, 5.74) is 6.13. The Morgan fingerprint density at radius 1 is 1.29 bits per heavy atom. The van der Waals surface area contributed by atoms with Crippen molar-refractivity contribution >= 4 is 0 Å². The molecule has 0 bridgehead atoms. The minimum atomic E-state index is 0.277. The fourth-order valence-corrected chi connectivity index (χ4v) is 2.22. The Hall–Kier alpha value is -0.0800. The zero-order valence-corrected chi connectivity index (χ0v) is 10.1. The van der Waals surface area contributed by atoms with Crippen LogP contribution < -0.4 is 11.1 Å². The SMILES string of the molecule is CC(C)CNC1(CN)CC(C(C)C)C1. The average Bonchev–Trinajstić information content (AvgIpc) is 2.02. The average molecular weight is 198 g/mol. The normalized spacial score (nSPS) is 32.4. The second-order valence-electron chi connectivity index (χ2n) is 5.67. The van der Waals surface area contributed by atoms with Crippen LogP contribution in [0, 0.1) is 17.8 Å². The number of rotatable bonds is 5. The fraction of sp³-hybridized carbons (Fsp3) is 1.00. The topological polar surface area (TPSA) is 38.0 Å². The number of hydrogen-bond acceptors (Lipinski definition) is 2. The zero-order chi connectivity index (χ0) is 10.8. The van der Waals surface area contributed by atoms with Crippen LogP contribution in [0.5, 0.6) is 0 Å². The van der Waals surface area contributed by atoms with Crippen molar-refractivity contribution in [3.63, 3.8) is 0 Å². The highest BCUT2D eigenvalue weighted by Crippen LogP contribution is 2.41. The molecule has 0 spiro atoms. The third kappa shape index (κ3) is 2.71. The Morgan fingerprint density at radius 3 is 2.21 bits per heavy atom. The van der Waals surface area contributed by atoms with Gasteiger partial charge in [0, 0.05) is 12.1 Å². The van der Waals surface area contributed by atoms with E-state index in [4.69, 9.17) is 5.73 Å². The van der Waals surface area contributed by atoms with E-state index in [1.165, 1.54) is 12.8 Å². The Kier molecular flexibility index (Phi) is 3.96. The first-order valence-electron chi connectivity index (χ1n) is 5.94. The Morgan fingerprint density at radius 2 is 1.86 bits per heavy atom. The van der Waals surface area contributed by atoms with Crippen LogP contribution in [0.2, 0.25) is 0 Å². The summed E-state index contributed by atoms with van der Waals surface area (Å²) in [5, 5.41) is 3.64. The highest BCUT2D eigenvalue weighted by atomic mass is 15.0. The summed E-state index contributed by atoms with van der Waals surface area (Å²) < 4.78 is 0. The van der Waals surface area contributed by atoms with E-state index in [-0.39, 0.29) is 5.54 Å². The van der Waals surface area contributed by atoms with Gasteiger partial charge in [0.15, 0.2) is 0 Å². The van der Waals surface area contributed by atoms with Gasteiger partial charge in [0.2, 0.25) is 0 Å². The lowest BCUT2D eigenvalue weighted by atomic mass is 9.64. The molecule has 0 heterocycles. The molecule has 1 fully saturated rings. The van der Waals surface area contributed by atoms with Crippen molar-refractivity contribution in [2.24, 2.45) is 23.5 Å². The molecular formula is C12H26N2. The molecule has 0 aromatic heterocycles. The van der Waals surface area contributed by atoms with Crippen molar-refractivity contribution in [3.8, 4) is 0 Å². The molecule has 2 heteroatoms. The van der Waals surface area contributed by atoms with Crippen molar-refractivity contribution in [2.75, 3.05) is 13.1 Å². The van der Waals surface area contributed by atoms with Crippen molar-refractivity contribution in [1.82, 2.24) is 5.32 Å². The lowest BCUT2D eigenvalue weighted by Crippen LogP contribution is -2.61. The number of nitrogens with two attached hydrogens (primary N) is 1. The fourth-order valence-electron chi connectivity index (χ4n) is 2.22. The first-order chi connectivity index (χ1) is 6.49. The van der Waals surface area contributed by atoms with Crippen molar-refractivity contribution < 1.29 is 0 Å². The maximum atomic E-state index is 5.85. The molecule has 0 amide bonds. The van der Waals surface area contributed by atoms with Crippen molar-refractivity contribution in [3.05, 3.63) is 0 Å². The predicted molar refractivity (Wildman–Crippen MR) is 62.2 cm³/mol. The highest BCUT2D eigenvalue weighted by molar-refractivity contribution is 5.02. The highest BCUT2D eigenvalue weighted by Gasteiger charge is 2.43. The molecular weight excluding hydrogens is 172 g/mol. The molecule has 0 aromatic rings. The zero-order valence-electron chi connectivity index (χ0n) is 10.1. The van der Waals surface area contributed by atoms with Gasteiger partial charge in [-0.15, -0.1) is 0 Å². The van der Waals surface area contributed by atoms with Gasteiger partial charge in [-0.1, -0.05) is 27.7 Å². The summed E-state index contributed by atoms with van der Waals surface area (Å²) in [5.74, 6) is 2.42. The molecule has 0 saturated heterocycles. The van der Waals surface area contributed by atoms with Gasteiger partial charge in [0.1, 0.15) is 0 Å². The summed E-state index contributed by atoms with van der Waals surface area (Å²) >= 11 is 0. The molecule has 1 saturated carbocycles. The van der Waals surface area contributed by atoms with Gasteiger partial charge >= 0.3 is 0 Å². The molecule has 0 atom stereocenters. The smallest absolute Gasteiger partial charge is 0.0309 e. The molecule has 1 aliphatic rings. The minimum Gasteiger partial charge on any atom is -0.329 e. The van der Waals surface area contributed by atoms with Gasteiger partial charge in [0.05, 0.1) is 0 Å². The van der Waals surface area contributed by atoms with Gasteiger partial charge in [0.25, 0.3) is 0 Å². The van der Waals surface area contributed by atoms with Crippen LogP contribution in [0.3, 0.4) is 0 Å². The van der Waals surface area contributed by atoms with E-state index in [2.05, 4.69) is 33.0 Å². The Balaban J connectivity index is 2.33. The number of nitrogens with one attached hydrogen (secondary N) is 1. The predicted octanol–water partition coefficient (Wildman–Crippen LogP) is 2.00. The van der Waals surface area contributed by atoms with E-state index >= 15 is 0 Å². The maximum absolute atomic E-state index is 5.85.